The summed E-state index contributed by atoms with van der Waals surface area (Å²) in [5.41, 5.74) is 0.191. The van der Waals surface area contributed by atoms with Gasteiger partial charge in [-0.25, -0.2) is 0 Å². The summed E-state index contributed by atoms with van der Waals surface area (Å²) in [6.07, 6.45) is 2.23. The van der Waals surface area contributed by atoms with Gasteiger partial charge in [-0.05, 0) is 19.9 Å². The van der Waals surface area contributed by atoms with Crippen LogP contribution in [0.1, 0.15) is 36.9 Å². The molecule has 1 amide bonds. The monoisotopic (exact) mass is 229 g/mol. The number of hydrogen-bond donors (Lipinski definition) is 1. The SMILES string of the molecule is CCc1occc1C(=O)NC(C)(C)CCl. The Bertz CT molecular complexity index is 344. The van der Waals surface area contributed by atoms with Gasteiger partial charge in [0.05, 0.1) is 11.8 Å². The Morgan fingerprint density at radius 1 is 1.60 bits per heavy atom. The molecule has 0 aromatic carbocycles. The van der Waals surface area contributed by atoms with Crippen LogP contribution in [-0.4, -0.2) is 17.3 Å². The first-order valence-electron chi connectivity index (χ1n) is 4.95. The van der Waals surface area contributed by atoms with Crippen LogP contribution >= 0.6 is 11.6 Å². The van der Waals surface area contributed by atoms with Crippen molar-refractivity contribution in [1.29, 1.82) is 0 Å². The van der Waals surface area contributed by atoms with Gasteiger partial charge in [0, 0.05) is 17.8 Å². The molecule has 0 aliphatic rings. The summed E-state index contributed by atoms with van der Waals surface area (Å²) in [6, 6.07) is 1.68. The van der Waals surface area contributed by atoms with Gasteiger partial charge >= 0.3 is 0 Å². The van der Waals surface area contributed by atoms with Crippen LogP contribution in [0.4, 0.5) is 0 Å². The third-order valence-electron chi connectivity index (χ3n) is 2.10. The van der Waals surface area contributed by atoms with E-state index in [0.29, 0.717) is 23.6 Å². The van der Waals surface area contributed by atoms with Crippen molar-refractivity contribution in [1.82, 2.24) is 5.32 Å². The third kappa shape index (κ3) is 2.99. The third-order valence-corrected chi connectivity index (χ3v) is 2.77. The Balaban J connectivity index is 2.78. The van der Waals surface area contributed by atoms with E-state index in [9.17, 15) is 4.79 Å². The van der Waals surface area contributed by atoms with E-state index >= 15 is 0 Å². The molecule has 1 rings (SSSR count). The summed E-state index contributed by atoms with van der Waals surface area (Å²) in [5, 5.41) is 2.85. The molecule has 3 nitrogen and oxygen atoms in total. The predicted octanol–water partition coefficient (Wildman–Crippen LogP) is 2.59. The lowest BCUT2D eigenvalue weighted by molar-refractivity contribution is 0.0918. The molecule has 0 saturated carbocycles. The summed E-state index contributed by atoms with van der Waals surface area (Å²) < 4.78 is 5.19. The molecule has 0 spiro atoms. The van der Waals surface area contributed by atoms with E-state index < -0.39 is 5.54 Å². The van der Waals surface area contributed by atoms with Gasteiger partial charge in [0.1, 0.15) is 5.76 Å². The van der Waals surface area contributed by atoms with E-state index in [1.807, 2.05) is 20.8 Å². The van der Waals surface area contributed by atoms with Gasteiger partial charge in [-0.2, -0.15) is 0 Å². The van der Waals surface area contributed by atoms with Gasteiger partial charge < -0.3 is 9.73 Å². The van der Waals surface area contributed by atoms with Crippen LogP contribution in [0.15, 0.2) is 16.7 Å². The van der Waals surface area contributed by atoms with Crippen LogP contribution in [0, 0.1) is 0 Å². The second kappa shape index (κ2) is 4.71. The molecule has 0 atom stereocenters. The number of halogens is 1. The summed E-state index contributed by atoms with van der Waals surface area (Å²) in [5.74, 6) is 0.946. The van der Waals surface area contributed by atoms with E-state index in [0.717, 1.165) is 0 Å². The number of furan rings is 1. The van der Waals surface area contributed by atoms with Crippen molar-refractivity contribution in [2.75, 3.05) is 5.88 Å². The summed E-state index contributed by atoms with van der Waals surface area (Å²) in [4.78, 5) is 11.8. The predicted molar refractivity (Wildman–Crippen MR) is 60.4 cm³/mol. The van der Waals surface area contributed by atoms with Crippen LogP contribution in [0.5, 0.6) is 0 Å². The van der Waals surface area contributed by atoms with Crippen LogP contribution < -0.4 is 5.32 Å². The number of carbonyl (C=O) groups is 1. The first-order chi connectivity index (χ1) is 7.00. The number of amides is 1. The highest BCUT2D eigenvalue weighted by Crippen LogP contribution is 2.13. The van der Waals surface area contributed by atoms with Crippen LogP contribution in [-0.2, 0) is 6.42 Å². The van der Waals surface area contributed by atoms with Gasteiger partial charge in [0.15, 0.2) is 0 Å². The Hall–Kier alpha value is -0.960. The van der Waals surface area contributed by atoms with Gasteiger partial charge in [0.2, 0.25) is 0 Å². The quantitative estimate of drug-likeness (QED) is 0.807. The van der Waals surface area contributed by atoms with E-state index in [1.54, 1.807) is 6.07 Å². The normalized spacial score (nSPS) is 11.5. The van der Waals surface area contributed by atoms with Crippen molar-refractivity contribution in [2.24, 2.45) is 0 Å². The van der Waals surface area contributed by atoms with Crippen molar-refractivity contribution in [2.45, 2.75) is 32.7 Å². The van der Waals surface area contributed by atoms with E-state index in [2.05, 4.69) is 5.32 Å². The largest absolute Gasteiger partial charge is 0.469 e. The van der Waals surface area contributed by atoms with Gasteiger partial charge in [0.25, 0.3) is 5.91 Å². The topological polar surface area (TPSA) is 42.2 Å². The Morgan fingerprint density at radius 3 is 2.80 bits per heavy atom. The number of alkyl halides is 1. The lowest BCUT2D eigenvalue weighted by Gasteiger charge is -2.23. The maximum Gasteiger partial charge on any atom is 0.255 e. The Morgan fingerprint density at radius 2 is 2.27 bits per heavy atom. The highest BCUT2D eigenvalue weighted by molar-refractivity contribution is 6.18. The summed E-state index contributed by atoms with van der Waals surface area (Å²) in [7, 11) is 0. The molecule has 0 unspecified atom stereocenters. The number of rotatable bonds is 4. The summed E-state index contributed by atoms with van der Waals surface area (Å²) >= 11 is 5.73. The minimum absolute atomic E-state index is 0.133. The molecule has 4 heteroatoms. The molecular formula is C11H16ClNO2. The molecule has 84 valence electrons. The number of nitrogens with one attached hydrogen (secondary N) is 1. The second-order valence-electron chi connectivity index (χ2n) is 4.08. The fourth-order valence-corrected chi connectivity index (χ4v) is 1.29. The standard InChI is InChI=1S/C11H16ClNO2/c1-4-9-8(5-6-15-9)10(14)13-11(2,3)7-12/h5-6H,4,7H2,1-3H3,(H,13,14). The van der Waals surface area contributed by atoms with Crippen molar-refractivity contribution in [3.63, 3.8) is 0 Å². The van der Waals surface area contributed by atoms with Crippen LogP contribution in [0.25, 0.3) is 0 Å². The average molecular weight is 230 g/mol. The Kier molecular flexibility index (Phi) is 3.80. The second-order valence-corrected chi connectivity index (χ2v) is 4.35. The van der Waals surface area contributed by atoms with Crippen LogP contribution in [0.2, 0.25) is 0 Å². The van der Waals surface area contributed by atoms with Gasteiger partial charge in [-0.3, -0.25) is 4.79 Å². The van der Waals surface area contributed by atoms with Crippen molar-refractivity contribution in [3.8, 4) is 0 Å². The number of carbonyl (C=O) groups excluding carboxylic acids is 1. The van der Waals surface area contributed by atoms with Crippen LogP contribution in [0.3, 0.4) is 0 Å². The maximum atomic E-state index is 11.8. The summed E-state index contributed by atoms with van der Waals surface area (Å²) in [6.45, 7) is 5.70. The maximum absolute atomic E-state index is 11.8. The van der Waals surface area contributed by atoms with Gasteiger partial charge in [-0.15, -0.1) is 11.6 Å². The molecule has 0 saturated heterocycles. The zero-order valence-electron chi connectivity index (χ0n) is 9.26. The molecule has 0 aliphatic carbocycles. The van der Waals surface area contributed by atoms with Gasteiger partial charge in [-0.1, -0.05) is 6.92 Å². The molecule has 1 aromatic heterocycles. The first kappa shape index (κ1) is 12.1. The molecule has 1 heterocycles. The molecular weight excluding hydrogens is 214 g/mol. The minimum atomic E-state index is -0.402. The molecule has 1 N–H and O–H groups in total. The van der Waals surface area contributed by atoms with E-state index in [4.69, 9.17) is 16.0 Å². The highest BCUT2D eigenvalue weighted by atomic mass is 35.5. The zero-order valence-corrected chi connectivity index (χ0v) is 10.0. The molecule has 0 radical (unpaired) electrons. The highest BCUT2D eigenvalue weighted by Gasteiger charge is 2.22. The number of hydrogen-bond acceptors (Lipinski definition) is 2. The minimum Gasteiger partial charge on any atom is -0.469 e. The fourth-order valence-electron chi connectivity index (χ4n) is 1.22. The van der Waals surface area contributed by atoms with Crippen molar-refractivity contribution in [3.05, 3.63) is 23.7 Å². The lowest BCUT2D eigenvalue weighted by atomic mass is 10.1. The molecule has 15 heavy (non-hydrogen) atoms. The fraction of sp³-hybridized carbons (Fsp3) is 0.545. The van der Waals surface area contributed by atoms with E-state index in [1.165, 1.54) is 6.26 Å². The average Bonchev–Trinajstić information content (AvgIpc) is 2.64. The van der Waals surface area contributed by atoms with E-state index in [-0.39, 0.29) is 5.91 Å². The molecule has 0 bridgehead atoms. The van der Waals surface area contributed by atoms with Crippen molar-refractivity contribution >= 4 is 17.5 Å². The first-order valence-corrected chi connectivity index (χ1v) is 5.48. The zero-order chi connectivity index (χ0) is 11.5. The number of aryl methyl sites for hydroxylation is 1. The Labute approximate surface area is 94.8 Å². The molecule has 1 aromatic rings. The molecule has 0 aliphatic heterocycles. The molecule has 0 fully saturated rings. The smallest absolute Gasteiger partial charge is 0.255 e. The van der Waals surface area contributed by atoms with Crippen molar-refractivity contribution < 1.29 is 9.21 Å². The lowest BCUT2D eigenvalue weighted by Crippen LogP contribution is -2.45.